The van der Waals surface area contributed by atoms with Gasteiger partial charge in [0.1, 0.15) is 11.9 Å². The lowest BCUT2D eigenvalue weighted by molar-refractivity contribution is -0.142. The highest BCUT2D eigenvalue weighted by atomic mass is 127. The Balaban J connectivity index is 0.00000240. The Morgan fingerprint density at radius 3 is 2.79 bits per heavy atom. The van der Waals surface area contributed by atoms with E-state index in [2.05, 4.69) is 30.4 Å². The molecule has 29 heavy (non-hydrogen) atoms. The third-order valence-electron chi connectivity index (χ3n) is 5.00. The van der Waals surface area contributed by atoms with Crippen molar-refractivity contribution >= 4 is 35.8 Å². The number of aliphatic imine (C=N–C) groups is 1. The Bertz CT molecular complexity index is 809. The summed E-state index contributed by atoms with van der Waals surface area (Å²) in [4.78, 5) is 25.3. The molecule has 2 N–H and O–H groups in total. The van der Waals surface area contributed by atoms with E-state index in [0.29, 0.717) is 43.7 Å². The number of piperazine rings is 1. The van der Waals surface area contributed by atoms with Crippen molar-refractivity contribution in [3.8, 4) is 11.6 Å². The van der Waals surface area contributed by atoms with E-state index in [9.17, 15) is 4.79 Å². The third-order valence-corrected chi connectivity index (χ3v) is 5.00. The molecule has 2 saturated heterocycles. The van der Waals surface area contributed by atoms with Crippen LogP contribution in [0.5, 0.6) is 0 Å². The molecule has 4 rings (SSSR count). The summed E-state index contributed by atoms with van der Waals surface area (Å²) in [6.07, 6.45) is 3.14. The molecule has 0 bridgehead atoms. The quantitative estimate of drug-likeness (QED) is 0.356. The monoisotopic (exact) mass is 515 g/mol. The number of ether oxygens (including phenoxy) is 1. The van der Waals surface area contributed by atoms with E-state index in [1.54, 1.807) is 19.4 Å². The number of aromatic amines is 1. The number of aromatic nitrogens is 3. The molecule has 2 aromatic heterocycles. The van der Waals surface area contributed by atoms with Crippen molar-refractivity contribution in [2.24, 2.45) is 4.99 Å². The van der Waals surface area contributed by atoms with Crippen LogP contribution >= 0.6 is 24.0 Å². The van der Waals surface area contributed by atoms with Gasteiger partial charge in [0.2, 0.25) is 5.82 Å². The van der Waals surface area contributed by atoms with Crippen LogP contribution in [-0.2, 0) is 16.1 Å². The van der Waals surface area contributed by atoms with Gasteiger partial charge in [-0.2, -0.15) is 0 Å². The summed E-state index contributed by atoms with van der Waals surface area (Å²) in [5.74, 6) is 2.74. The maximum atomic E-state index is 12.5. The topological polar surface area (TPSA) is 112 Å². The molecule has 158 valence electrons. The molecule has 2 aliphatic rings. The molecule has 2 aliphatic heterocycles. The van der Waals surface area contributed by atoms with Gasteiger partial charge in [-0.15, -0.1) is 29.1 Å². The number of hydrogen-bond acceptors (Lipinski definition) is 6. The summed E-state index contributed by atoms with van der Waals surface area (Å²) in [5.41, 5.74) is 0. The van der Waals surface area contributed by atoms with Crippen molar-refractivity contribution in [2.45, 2.75) is 25.5 Å². The second-order valence-corrected chi connectivity index (χ2v) is 6.80. The predicted molar refractivity (Wildman–Crippen MR) is 117 cm³/mol. The van der Waals surface area contributed by atoms with Gasteiger partial charge in [-0.25, -0.2) is 4.98 Å². The van der Waals surface area contributed by atoms with Crippen molar-refractivity contribution in [3.63, 3.8) is 0 Å². The molecule has 0 spiro atoms. The SMILES string of the molecule is CN=C(NCc1nc(-c2ccco2)n[nH]1)N1CCN(C(=O)C2CCCO2)CC1.I. The number of hydrogen-bond donors (Lipinski definition) is 2. The van der Waals surface area contributed by atoms with Gasteiger partial charge in [0.15, 0.2) is 11.7 Å². The highest BCUT2D eigenvalue weighted by Gasteiger charge is 2.30. The van der Waals surface area contributed by atoms with Gasteiger partial charge in [-0.3, -0.25) is 14.9 Å². The van der Waals surface area contributed by atoms with Gasteiger partial charge in [0, 0.05) is 39.8 Å². The van der Waals surface area contributed by atoms with Crippen molar-refractivity contribution in [3.05, 3.63) is 24.2 Å². The van der Waals surface area contributed by atoms with Gasteiger partial charge in [0.05, 0.1) is 12.8 Å². The minimum absolute atomic E-state index is 0. The first-order valence-corrected chi connectivity index (χ1v) is 9.56. The van der Waals surface area contributed by atoms with Crippen molar-refractivity contribution in [2.75, 3.05) is 39.8 Å². The molecule has 1 atom stereocenters. The van der Waals surface area contributed by atoms with Crippen LogP contribution in [-0.4, -0.2) is 82.8 Å². The van der Waals surface area contributed by atoms with Crippen LogP contribution in [0.2, 0.25) is 0 Å². The number of rotatable bonds is 4. The first-order valence-electron chi connectivity index (χ1n) is 9.56. The van der Waals surface area contributed by atoms with Crippen LogP contribution in [0.25, 0.3) is 11.6 Å². The Morgan fingerprint density at radius 1 is 1.34 bits per heavy atom. The van der Waals surface area contributed by atoms with E-state index < -0.39 is 0 Å². The predicted octanol–water partition coefficient (Wildman–Crippen LogP) is 1.08. The van der Waals surface area contributed by atoms with E-state index in [1.807, 2.05) is 11.0 Å². The normalized spacial score (nSPS) is 19.9. The highest BCUT2D eigenvalue weighted by Crippen LogP contribution is 2.16. The summed E-state index contributed by atoms with van der Waals surface area (Å²) in [7, 11) is 1.75. The second-order valence-electron chi connectivity index (χ2n) is 6.80. The van der Waals surface area contributed by atoms with Crippen LogP contribution in [0.4, 0.5) is 0 Å². The zero-order valence-electron chi connectivity index (χ0n) is 16.3. The summed E-state index contributed by atoms with van der Waals surface area (Å²) < 4.78 is 10.8. The first-order chi connectivity index (χ1) is 13.7. The number of H-pyrrole nitrogens is 1. The molecule has 1 unspecified atom stereocenters. The van der Waals surface area contributed by atoms with E-state index in [-0.39, 0.29) is 36.0 Å². The Kier molecular flexibility index (Phi) is 7.47. The lowest BCUT2D eigenvalue weighted by Gasteiger charge is -2.37. The number of halogens is 1. The zero-order valence-corrected chi connectivity index (χ0v) is 18.7. The van der Waals surface area contributed by atoms with Gasteiger partial charge in [0.25, 0.3) is 5.91 Å². The fourth-order valence-corrected chi connectivity index (χ4v) is 3.50. The molecule has 1 amide bonds. The Morgan fingerprint density at radius 2 is 2.14 bits per heavy atom. The molecule has 0 saturated carbocycles. The van der Waals surface area contributed by atoms with Crippen molar-refractivity contribution in [1.82, 2.24) is 30.3 Å². The lowest BCUT2D eigenvalue weighted by Crippen LogP contribution is -2.55. The number of amides is 1. The average Bonchev–Trinajstić information content (AvgIpc) is 3.50. The molecule has 4 heterocycles. The summed E-state index contributed by atoms with van der Waals surface area (Å²) in [5, 5.41) is 10.4. The number of guanidine groups is 1. The van der Waals surface area contributed by atoms with Gasteiger partial charge >= 0.3 is 0 Å². The summed E-state index contributed by atoms with van der Waals surface area (Å²) in [6, 6.07) is 3.62. The standard InChI is InChI=1S/C18H25N7O3.HI/c1-19-18(20-12-15-21-16(23-22-15)13-4-2-10-27-13)25-8-6-24(7-9-25)17(26)14-5-3-11-28-14;/h2,4,10,14H,3,5-9,11-12H2,1H3,(H,19,20)(H,21,22,23);1H. The molecule has 0 aliphatic carbocycles. The number of carbonyl (C=O) groups is 1. The van der Waals surface area contributed by atoms with Crippen LogP contribution in [0.3, 0.4) is 0 Å². The molecule has 2 fully saturated rings. The molecule has 11 heteroatoms. The zero-order chi connectivity index (χ0) is 19.3. The Hall–Kier alpha value is -2.15. The van der Waals surface area contributed by atoms with Crippen LogP contribution in [0.1, 0.15) is 18.7 Å². The molecule has 2 aromatic rings. The van der Waals surface area contributed by atoms with E-state index in [0.717, 1.165) is 31.9 Å². The number of carbonyl (C=O) groups excluding carboxylic acids is 1. The largest absolute Gasteiger partial charge is 0.461 e. The molecular weight excluding hydrogens is 489 g/mol. The first kappa shape index (κ1) is 21.6. The van der Waals surface area contributed by atoms with E-state index in [1.165, 1.54) is 0 Å². The number of nitrogens with zero attached hydrogens (tertiary/aromatic N) is 5. The Labute approximate surface area is 186 Å². The number of furan rings is 1. The van der Waals surface area contributed by atoms with Gasteiger partial charge in [-0.05, 0) is 25.0 Å². The van der Waals surface area contributed by atoms with Crippen molar-refractivity contribution in [1.29, 1.82) is 0 Å². The summed E-state index contributed by atoms with van der Waals surface area (Å²) >= 11 is 0. The smallest absolute Gasteiger partial charge is 0.251 e. The summed E-state index contributed by atoms with van der Waals surface area (Å²) in [6.45, 7) is 3.96. The van der Waals surface area contributed by atoms with Crippen molar-refractivity contribution < 1.29 is 13.9 Å². The fraction of sp³-hybridized carbons (Fsp3) is 0.556. The van der Waals surface area contributed by atoms with Crippen LogP contribution < -0.4 is 5.32 Å². The average molecular weight is 515 g/mol. The molecule has 0 aromatic carbocycles. The maximum absolute atomic E-state index is 12.5. The third kappa shape index (κ3) is 5.07. The van der Waals surface area contributed by atoms with Crippen LogP contribution in [0, 0.1) is 0 Å². The minimum Gasteiger partial charge on any atom is -0.461 e. The number of nitrogens with one attached hydrogen (secondary N) is 2. The minimum atomic E-state index is -0.251. The van der Waals surface area contributed by atoms with Gasteiger partial charge in [-0.1, -0.05) is 0 Å². The molecular formula is C18H26IN7O3. The highest BCUT2D eigenvalue weighted by molar-refractivity contribution is 14.0. The maximum Gasteiger partial charge on any atom is 0.251 e. The lowest BCUT2D eigenvalue weighted by atomic mass is 10.2. The second kappa shape index (κ2) is 10.1. The van der Waals surface area contributed by atoms with Crippen LogP contribution in [0.15, 0.2) is 27.8 Å². The van der Waals surface area contributed by atoms with Gasteiger partial charge < -0.3 is 24.3 Å². The van der Waals surface area contributed by atoms with E-state index in [4.69, 9.17) is 9.15 Å². The molecule has 10 nitrogen and oxygen atoms in total. The molecule has 0 radical (unpaired) electrons. The fourth-order valence-electron chi connectivity index (χ4n) is 3.50. The van der Waals surface area contributed by atoms with E-state index >= 15 is 0 Å².